The summed E-state index contributed by atoms with van der Waals surface area (Å²) in [5, 5.41) is 49.9. The molecule has 0 aliphatic carbocycles. The third kappa shape index (κ3) is 15.6. The van der Waals surface area contributed by atoms with Crippen LogP contribution in [0.4, 0.5) is 4.39 Å². The van der Waals surface area contributed by atoms with E-state index in [1.165, 1.54) is 25.2 Å². The van der Waals surface area contributed by atoms with Crippen LogP contribution in [-0.2, 0) is 38.0 Å². The van der Waals surface area contributed by atoms with Gasteiger partial charge >= 0.3 is 10.8 Å². The number of nitrogens with one attached hydrogen (secondary N) is 1. The summed E-state index contributed by atoms with van der Waals surface area (Å²) < 4.78 is 59.2. The zero-order chi connectivity index (χ0) is 55.9. The zero-order valence-corrected chi connectivity index (χ0v) is 47.6. The number of carbonyl (C=O) groups excluding carboxylic acids is 1. The van der Waals surface area contributed by atoms with Crippen molar-refractivity contribution in [1.29, 1.82) is 0 Å². The number of benzene rings is 1. The van der Waals surface area contributed by atoms with E-state index >= 15 is 0 Å². The van der Waals surface area contributed by atoms with Crippen molar-refractivity contribution in [3.8, 4) is 10.4 Å². The van der Waals surface area contributed by atoms with Crippen LogP contribution in [0.3, 0.4) is 0 Å². The number of carbonyl (C=O) groups is 1. The van der Waals surface area contributed by atoms with Gasteiger partial charge in [0.15, 0.2) is 12.6 Å². The number of hydrogen-bond acceptors (Lipinski definition) is 19. The molecule has 3 saturated heterocycles. The van der Waals surface area contributed by atoms with Crippen LogP contribution >= 0.6 is 11.3 Å². The molecule has 19 atom stereocenters. The van der Waals surface area contributed by atoms with E-state index in [1.54, 1.807) is 41.0 Å². The molecule has 2 aromatic rings. The van der Waals surface area contributed by atoms with Gasteiger partial charge in [-0.25, -0.2) is 10.2 Å². The lowest BCUT2D eigenvalue weighted by Crippen LogP contribution is -2.60. The quantitative estimate of drug-likeness (QED) is 0.0637. The van der Waals surface area contributed by atoms with Gasteiger partial charge in [-0.05, 0) is 98.9 Å². The van der Waals surface area contributed by atoms with E-state index in [0.29, 0.717) is 50.0 Å². The van der Waals surface area contributed by atoms with Crippen LogP contribution in [0.15, 0.2) is 47.2 Å². The zero-order valence-electron chi connectivity index (χ0n) is 46.8. The Morgan fingerprint density at radius 3 is 2.27 bits per heavy atom. The number of likely N-dealkylation sites (N-methyl/N-ethyl adjacent to an activating group) is 2. The second-order valence-electron chi connectivity index (χ2n) is 22.6. The smallest absolute Gasteiger partial charge is 0.311 e. The molecule has 3 aliphatic heterocycles. The molecule has 21 heteroatoms. The van der Waals surface area contributed by atoms with Crippen LogP contribution in [0.1, 0.15) is 119 Å². The summed E-state index contributed by atoms with van der Waals surface area (Å²) >= 11 is 1.09. The maximum Gasteiger partial charge on any atom is 0.311 e. The summed E-state index contributed by atoms with van der Waals surface area (Å²) in [5.74, 6) is 3.75. The van der Waals surface area contributed by atoms with Crippen molar-refractivity contribution < 1.29 is 62.8 Å². The average molecular weight is 1080 g/mol. The van der Waals surface area contributed by atoms with Crippen LogP contribution in [0.2, 0.25) is 0 Å². The number of ether oxygens (including phenoxy) is 7. The highest BCUT2D eigenvalue weighted by molar-refractivity contribution is 7.12. The number of halogens is 1. The summed E-state index contributed by atoms with van der Waals surface area (Å²) in [6, 6.07) is 5.26. The maximum atomic E-state index is 14.8. The molecule has 3 fully saturated rings. The van der Waals surface area contributed by atoms with Gasteiger partial charge in [0.05, 0.1) is 46.4 Å². The first-order chi connectivity index (χ1) is 35.1. The van der Waals surface area contributed by atoms with Crippen molar-refractivity contribution >= 4 is 17.3 Å². The fraction of sp³-hybridized carbons (Fsp3) is 0.778. The van der Waals surface area contributed by atoms with Crippen molar-refractivity contribution in [2.24, 2.45) is 29.3 Å². The van der Waals surface area contributed by atoms with Gasteiger partial charge in [-0.3, -0.25) is 9.59 Å². The number of hydrazine groups is 1. The number of aromatic nitrogens is 1. The number of nitrogens with two attached hydrogens (primary N) is 2. The number of hydrogen-bond donors (Lipinski definition) is 7. The summed E-state index contributed by atoms with van der Waals surface area (Å²) in [6.45, 7) is 17.9. The Hall–Kier alpha value is -3.13. The molecule has 75 heavy (non-hydrogen) atoms. The minimum atomic E-state index is -1.83. The van der Waals surface area contributed by atoms with Crippen LogP contribution < -0.4 is 16.4 Å². The largest absolute Gasteiger partial charge is 0.459 e. The van der Waals surface area contributed by atoms with Crippen molar-refractivity contribution in [1.82, 2.24) is 19.8 Å². The number of aliphatic hydroxyl groups is 4. The highest BCUT2D eigenvalue weighted by Gasteiger charge is 2.52. The standard InChI is InChI=1S/C54H91FN6O13S/c1-15-42-54(10,67)47(63)35(7)60(12)28-30(2)23-53(9,66)48(33(5)45(34(6)49(64)72-42)73-43-25-52(8,69-14)24-32(4)70-43)74-50-44(62)39(22-31(3)71-50)59(11)21-20-38(56)29-61(57)40(26-55)46(68-13)37-18-16-36(17-19-37)41-27-58-51(65)75-41/h16-19,27,29-35,39-40,42-48,50,62-63,66-67H,15,20-26,28,56-57H2,1-14H3,(H,58,65)/b38-29-/t30-,31-,32+,33+,34-,35-,39+,40-,42-,43+,44-,45+,46-,47-,48-,50+,52+,53-,54-/m1/s1. The molecule has 0 bridgehead atoms. The van der Waals surface area contributed by atoms with Gasteiger partial charge in [-0.2, -0.15) is 0 Å². The Balaban J connectivity index is 1.41. The molecule has 0 radical (unpaired) electrons. The first-order valence-electron chi connectivity index (χ1n) is 26.6. The van der Waals surface area contributed by atoms with Gasteiger partial charge in [-0.1, -0.05) is 56.4 Å². The molecule has 0 amide bonds. The first-order valence-corrected chi connectivity index (χ1v) is 27.4. The number of aromatic amines is 1. The molecule has 0 saturated carbocycles. The van der Waals surface area contributed by atoms with Crippen LogP contribution in [0.5, 0.6) is 0 Å². The minimum absolute atomic E-state index is 0.163. The number of cyclic esters (lactones) is 1. The second-order valence-corrected chi connectivity index (χ2v) is 23.6. The number of alkyl halides is 1. The third-order valence-electron chi connectivity index (χ3n) is 16.1. The van der Waals surface area contributed by atoms with E-state index < -0.39 is 115 Å². The normalized spacial score (nSPS) is 38.1. The number of H-pyrrole nitrogens is 1. The second kappa shape index (κ2) is 26.7. The average Bonchev–Trinajstić information content (AvgIpc) is 3.79. The predicted molar refractivity (Wildman–Crippen MR) is 285 cm³/mol. The van der Waals surface area contributed by atoms with Crippen LogP contribution in [0, 0.1) is 17.8 Å². The molecule has 0 unspecified atom stereocenters. The highest BCUT2D eigenvalue weighted by Crippen LogP contribution is 2.40. The number of nitrogens with zero attached hydrogens (tertiary/aromatic N) is 3. The first kappa shape index (κ1) is 62.7. The van der Waals surface area contributed by atoms with Crippen LogP contribution in [-0.4, -0.2) is 185 Å². The fourth-order valence-corrected chi connectivity index (χ4v) is 12.3. The summed E-state index contributed by atoms with van der Waals surface area (Å²) in [7, 11) is 6.80. The number of methoxy groups -OCH3 is 2. The van der Waals surface area contributed by atoms with Crippen molar-refractivity contribution in [2.45, 2.75) is 204 Å². The van der Waals surface area contributed by atoms with E-state index in [4.69, 9.17) is 44.7 Å². The molecule has 5 rings (SSSR count). The molecule has 1 aromatic carbocycles. The number of rotatable bonds is 17. The Labute approximate surface area is 447 Å². The topological polar surface area (TPSA) is 257 Å². The number of aliphatic hydroxyl groups excluding tert-OH is 2. The molecule has 3 aliphatic rings. The summed E-state index contributed by atoms with van der Waals surface area (Å²) in [6.07, 6.45) is -4.18. The van der Waals surface area contributed by atoms with Crippen molar-refractivity contribution in [3.05, 3.63) is 57.6 Å². The molecule has 9 N–H and O–H groups in total. The van der Waals surface area contributed by atoms with Crippen molar-refractivity contribution in [3.63, 3.8) is 0 Å². The Bertz CT molecular complexity index is 2190. The van der Waals surface area contributed by atoms with Gasteiger partial charge < -0.3 is 79.1 Å². The number of thiazole rings is 1. The molecule has 19 nitrogen and oxygen atoms in total. The van der Waals surface area contributed by atoms with Gasteiger partial charge in [0, 0.05) is 82.7 Å². The van der Waals surface area contributed by atoms with E-state index in [2.05, 4.69) is 4.98 Å². The summed E-state index contributed by atoms with van der Waals surface area (Å²) in [5.41, 5.74) is 4.35. The monoisotopic (exact) mass is 1080 g/mol. The lowest BCUT2D eigenvalue weighted by molar-refractivity contribution is -0.310. The maximum absolute atomic E-state index is 14.8. The van der Waals surface area contributed by atoms with Gasteiger partial charge in [0.2, 0.25) is 0 Å². The Morgan fingerprint density at radius 1 is 1.01 bits per heavy atom. The van der Waals surface area contributed by atoms with E-state index in [9.17, 15) is 34.4 Å². The molecule has 4 heterocycles. The van der Waals surface area contributed by atoms with E-state index in [0.717, 1.165) is 21.8 Å². The summed E-state index contributed by atoms with van der Waals surface area (Å²) in [4.78, 5) is 33.3. The van der Waals surface area contributed by atoms with E-state index in [1.807, 2.05) is 82.8 Å². The lowest BCUT2D eigenvalue weighted by atomic mass is 9.77. The number of esters is 1. The predicted octanol–water partition coefficient (Wildman–Crippen LogP) is 4.81. The molecule has 1 aromatic heterocycles. The Kier molecular flexibility index (Phi) is 22.3. The highest BCUT2D eigenvalue weighted by atomic mass is 32.1. The van der Waals surface area contributed by atoms with Gasteiger partial charge in [-0.15, -0.1) is 0 Å². The van der Waals surface area contributed by atoms with Gasteiger partial charge in [0.25, 0.3) is 0 Å². The molecule has 0 spiro atoms. The van der Waals surface area contributed by atoms with E-state index in [-0.39, 0.29) is 29.7 Å². The third-order valence-corrected chi connectivity index (χ3v) is 17.0. The molecule has 428 valence electrons. The Morgan fingerprint density at radius 2 is 1.68 bits per heavy atom. The minimum Gasteiger partial charge on any atom is -0.459 e. The van der Waals surface area contributed by atoms with Gasteiger partial charge in [0.1, 0.15) is 42.7 Å². The fourth-order valence-electron chi connectivity index (χ4n) is 11.6. The SMILES string of the molecule is CC[C@H]1OC(=O)[C@H](C)[C@@H](O[C@H]2C[C@@](C)(OC)C[C@H](C)O2)[C@H](C)[C@@H](O[C@@H]2O[C@H](C)C[C@H](N(C)CC/C(N)=C/N(N)[C@H](CF)[C@H](OC)c3ccc(-c4c[nH]c(=O)s4)cc3)[C@H]2O)[C@](C)(O)C[C@@H](C)CN(C)[C@H](C)[C@@H](O)[C@]1(C)O. The lowest BCUT2D eigenvalue weighted by Gasteiger charge is -2.48. The molecular formula is C54H91FN6O13S. The van der Waals surface area contributed by atoms with Crippen molar-refractivity contribution in [2.75, 3.05) is 48.1 Å². The van der Waals surface area contributed by atoms with Crippen LogP contribution in [0.25, 0.3) is 10.4 Å². The molecular weight excluding hydrogens is 992 g/mol.